The average Bonchev–Trinajstić information content (AvgIpc) is 3.85. The van der Waals surface area contributed by atoms with Crippen LogP contribution >= 0.6 is 11.3 Å². The third kappa shape index (κ3) is 4.11. The second-order valence-electron chi connectivity index (χ2n) is 13.6. The Bertz CT molecular complexity index is 2780. The summed E-state index contributed by atoms with van der Waals surface area (Å²) in [5.41, 5.74) is 16.4. The van der Waals surface area contributed by atoms with Crippen molar-refractivity contribution in [1.29, 1.82) is 0 Å². The van der Waals surface area contributed by atoms with Crippen molar-refractivity contribution in [3.05, 3.63) is 204 Å². The van der Waals surface area contributed by atoms with Crippen molar-refractivity contribution in [1.82, 2.24) is 9.97 Å². The molecule has 0 amide bonds. The highest BCUT2D eigenvalue weighted by Gasteiger charge is 2.54. The van der Waals surface area contributed by atoms with Gasteiger partial charge in [0.25, 0.3) is 0 Å². The zero-order chi connectivity index (χ0) is 34.2. The molecule has 2 heterocycles. The van der Waals surface area contributed by atoms with Gasteiger partial charge in [-0.2, -0.15) is 0 Å². The summed E-state index contributed by atoms with van der Waals surface area (Å²) in [5.74, 6) is 0.716. The molecule has 0 N–H and O–H groups in total. The van der Waals surface area contributed by atoms with E-state index >= 15 is 0 Å². The Balaban J connectivity index is 1.11. The Morgan fingerprint density at radius 2 is 0.942 bits per heavy atom. The summed E-state index contributed by atoms with van der Waals surface area (Å²) in [4.78, 5) is 11.6. The van der Waals surface area contributed by atoms with Gasteiger partial charge in [-0.3, -0.25) is 0 Å². The fourth-order valence-electron chi connectivity index (χ4n) is 8.73. The largest absolute Gasteiger partial charge is 0.228 e. The molecule has 0 saturated heterocycles. The molecule has 0 aliphatic heterocycles. The van der Waals surface area contributed by atoms with E-state index in [1.807, 2.05) is 23.5 Å². The fourth-order valence-corrected chi connectivity index (χ4v) is 10.2. The van der Waals surface area contributed by atoms with Crippen molar-refractivity contribution in [2.75, 3.05) is 0 Å². The molecule has 3 heteroatoms. The Labute approximate surface area is 306 Å². The van der Waals surface area contributed by atoms with E-state index in [2.05, 4.69) is 170 Å². The lowest BCUT2D eigenvalue weighted by Gasteiger charge is -2.31. The monoisotopic (exact) mass is 678 g/mol. The van der Waals surface area contributed by atoms with Crippen LogP contribution in [0, 0.1) is 0 Å². The molecule has 0 fully saturated rings. The summed E-state index contributed by atoms with van der Waals surface area (Å²) in [6, 6.07) is 65.7. The van der Waals surface area contributed by atoms with Gasteiger partial charge in [0.1, 0.15) is 0 Å². The van der Waals surface area contributed by atoms with Gasteiger partial charge in [0, 0.05) is 37.2 Å². The van der Waals surface area contributed by atoms with Crippen LogP contribution in [0.3, 0.4) is 0 Å². The number of fused-ring (bicyclic) bond motifs is 12. The van der Waals surface area contributed by atoms with E-state index in [-0.39, 0.29) is 0 Å². The Kier molecular flexibility index (Phi) is 6.37. The lowest BCUT2D eigenvalue weighted by atomic mass is 9.71. The molecule has 242 valence electrons. The second-order valence-corrected chi connectivity index (χ2v) is 14.7. The molecule has 0 bridgehead atoms. The van der Waals surface area contributed by atoms with Crippen LogP contribution in [-0.4, -0.2) is 9.97 Å². The van der Waals surface area contributed by atoms with E-state index in [4.69, 9.17) is 9.97 Å². The first kappa shape index (κ1) is 29.3. The van der Waals surface area contributed by atoms with E-state index < -0.39 is 5.41 Å². The molecule has 1 atom stereocenters. The maximum Gasteiger partial charge on any atom is 0.160 e. The molecule has 2 aromatic heterocycles. The van der Waals surface area contributed by atoms with Gasteiger partial charge < -0.3 is 0 Å². The number of hydrogen-bond donors (Lipinski definition) is 0. The molecule has 11 rings (SSSR count). The zero-order valence-electron chi connectivity index (χ0n) is 28.1. The number of nitrogens with zero attached hydrogens (tertiary/aromatic N) is 2. The lowest BCUT2D eigenvalue weighted by Crippen LogP contribution is -2.25. The maximum atomic E-state index is 5.11. The quantitative estimate of drug-likeness (QED) is 0.185. The van der Waals surface area contributed by atoms with Crippen LogP contribution in [0.4, 0.5) is 0 Å². The molecular formula is C49H30N2S. The summed E-state index contributed by atoms with van der Waals surface area (Å²) < 4.78 is 1.33. The van der Waals surface area contributed by atoms with E-state index in [0.29, 0.717) is 5.82 Å². The normalized spacial score (nSPS) is 15.0. The van der Waals surface area contributed by atoms with Gasteiger partial charge in [-0.15, -0.1) is 11.3 Å². The predicted octanol–water partition coefficient (Wildman–Crippen LogP) is 12.7. The first-order chi connectivity index (χ1) is 25.8. The molecule has 0 saturated carbocycles. The summed E-state index contributed by atoms with van der Waals surface area (Å²) in [5, 5.41) is 1.34. The van der Waals surface area contributed by atoms with Gasteiger partial charge in [-0.1, -0.05) is 170 Å². The van der Waals surface area contributed by atoms with E-state index in [9.17, 15) is 0 Å². The molecule has 7 aromatic carbocycles. The molecule has 0 radical (unpaired) electrons. The van der Waals surface area contributed by atoms with Crippen LogP contribution < -0.4 is 0 Å². The minimum atomic E-state index is -0.408. The molecule has 9 aromatic rings. The SMILES string of the molecule is c1ccc(-c2cc(-c3ccccc3)nc(-c3ccc(-c4cccc5c4C4(c6ccccc6-5)c5ccccc5-c5c4sc4ccccc54)cc3)n2)cc1. The van der Waals surface area contributed by atoms with Crippen LogP contribution in [0.1, 0.15) is 21.6 Å². The smallest absolute Gasteiger partial charge is 0.160 e. The van der Waals surface area contributed by atoms with Crippen molar-refractivity contribution in [2.45, 2.75) is 5.41 Å². The van der Waals surface area contributed by atoms with Crippen molar-refractivity contribution < 1.29 is 0 Å². The Hall–Kier alpha value is -6.42. The van der Waals surface area contributed by atoms with Gasteiger partial charge in [0.2, 0.25) is 0 Å². The van der Waals surface area contributed by atoms with Gasteiger partial charge in [-0.05, 0) is 56.6 Å². The van der Waals surface area contributed by atoms with Gasteiger partial charge in [-0.25, -0.2) is 9.97 Å². The maximum absolute atomic E-state index is 5.11. The van der Waals surface area contributed by atoms with Crippen LogP contribution in [0.5, 0.6) is 0 Å². The highest BCUT2D eigenvalue weighted by molar-refractivity contribution is 7.20. The van der Waals surface area contributed by atoms with Crippen molar-refractivity contribution in [2.24, 2.45) is 0 Å². The van der Waals surface area contributed by atoms with Crippen LogP contribution in [-0.2, 0) is 5.41 Å². The minimum absolute atomic E-state index is 0.408. The highest BCUT2D eigenvalue weighted by Crippen LogP contribution is 2.67. The summed E-state index contributed by atoms with van der Waals surface area (Å²) >= 11 is 1.95. The van der Waals surface area contributed by atoms with E-state index in [1.165, 1.54) is 65.0 Å². The third-order valence-electron chi connectivity index (χ3n) is 10.9. The summed E-state index contributed by atoms with van der Waals surface area (Å²) in [6.07, 6.45) is 0. The number of thiophene rings is 1. The molecular weight excluding hydrogens is 649 g/mol. The number of benzene rings is 7. The molecule has 1 unspecified atom stereocenters. The number of aromatic nitrogens is 2. The van der Waals surface area contributed by atoms with Crippen molar-refractivity contribution >= 4 is 21.4 Å². The van der Waals surface area contributed by atoms with Crippen LogP contribution in [0.25, 0.3) is 77.4 Å². The van der Waals surface area contributed by atoms with E-state index in [0.717, 1.165) is 28.1 Å². The Morgan fingerprint density at radius 3 is 1.65 bits per heavy atom. The van der Waals surface area contributed by atoms with Crippen LogP contribution in [0.15, 0.2) is 182 Å². The molecule has 52 heavy (non-hydrogen) atoms. The van der Waals surface area contributed by atoms with Gasteiger partial charge >= 0.3 is 0 Å². The highest BCUT2D eigenvalue weighted by atomic mass is 32.1. The van der Waals surface area contributed by atoms with Crippen molar-refractivity contribution in [3.8, 4) is 67.3 Å². The second kappa shape index (κ2) is 11.3. The first-order valence-electron chi connectivity index (χ1n) is 17.7. The van der Waals surface area contributed by atoms with Gasteiger partial charge in [0.05, 0.1) is 16.8 Å². The zero-order valence-corrected chi connectivity index (χ0v) is 28.9. The van der Waals surface area contributed by atoms with E-state index in [1.54, 1.807) is 0 Å². The average molecular weight is 679 g/mol. The van der Waals surface area contributed by atoms with Crippen LogP contribution in [0.2, 0.25) is 0 Å². The summed E-state index contributed by atoms with van der Waals surface area (Å²) in [6.45, 7) is 0. The molecule has 1 spiro atoms. The van der Waals surface area contributed by atoms with Crippen molar-refractivity contribution in [3.63, 3.8) is 0 Å². The number of hydrogen-bond acceptors (Lipinski definition) is 3. The first-order valence-corrected chi connectivity index (χ1v) is 18.6. The third-order valence-corrected chi connectivity index (χ3v) is 12.2. The molecule has 2 nitrogen and oxygen atoms in total. The molecule has 2 aliphatic rings. The minimum Gasteiger partial charge on any atom is -0.228 e. The lowest BCUT2D eigenvalue weighted by molar-refractivity contribution is 0.814. The van der Waals surface area contributed by atoms with Gasteiger partial charge in [0.15, 0.2) is 5.82 Å². The Morgan fingerprint density at radius 1 is 0.404 bits per heavy atom. The standard InChI is InChI=1S/C49H30N2S/c1-3-14-32(15-4-1)42-30-43(33-16-5-2-6-17-33)51-48(50-42)34-28-26-31(27-29-34)35-21-13-22-37-36-18-7-10-23-40(36)49(46(35)37)41-24-11-8-19-38(41)45-39-20-9-12-25-44(39)52-47(45)49/h1-30H. The number of rotatable bonds is 4. The predicted molar refractivity (Wildman–Crippen MR) is 215 cm³/mol. The molecule has 2 aliphatic carbocycles. The topological polar surface area (TPSA) is 25.8 Å². The summed E-state index contributed by atoms with van der Waals surface area (Å²) in [7, 11) is 0. The fraction of sp³-hybridized carbons (Fsp3) is 0.0204.